The van der Waals surface area contributed by atoms with Gasteiger partial charge in [0.05, 0.1) is 6.54 Å². The molecular formula is C22H24ClN3O4. The number of nitrogens with zero attached hydrogens (tertiary/aromatic N) is 2. The van der Waals surface area contributed by atoms with E-state index in [1.54, 1.807) is 29.2 Å². The van der Waals surface area contributed by atoms with Crippen molar-refractivity contribution in [3.05, 3.63) is 59.1 Å². The van der Waals surface area contributed by atoms with Crippen LogP contribution in [0.4, 0.5) is 5.69 Å². The Bertz CT molecular complexity index is 892. The molecule has 0 spiro atoms. The Labute approximate surface area is 180 Å². The lowest BCUT2D eigenvalue weighted by molar-refractivity contribution is -0.133. The zero-order valence-electron chi connectivity index (χ0n) is 16.8. The minimum Gasteiger partial charge on any atom is -0.484 e. The molecule has 2 aromatic rings. The Morgan fingerprint density at radius 3 is 2.20 bits per heavy atom. The summed E-state index contributed by atoms with van der Waals surface area (Å²) in [5.74, 6) is -0.0460. The zero-order valence-corrected chi connectivity index (χ0v) is 17.5. The minimum absolute atomic E-state index is 0.0354. The molecule has 1 aliphatic rings. The van der Waals surface area contributed by atoms with E-state index in [-0.39, 0.29) is 30.7 Å². The van der Waals surface area contributed by atoms with Gasteiger partial charge in [0.15, 0.2) is 12.4 Å². The van der Waals surface area contributed by atoms with Crippen LogP contribution in [0.1, 0.15) is 17.3 Å². The second kappa shape index (κ2) is 10.1. The lowest BCUT2D eigenvalue weighted by Crippen LogP contribution is -2.51. The standard InChI is InChI=1S/C22H24ClN3O4/c1-16(27)17-2-8-20(9-3-17)30-15-21(28)24-14-22(29)26-12-10-25(11-13-26)19-6-4-18(23)5-7-19/h2-9H,10-15H2,1H3,(H,24,28). The predicted octanol–water partition coefficient (Wildman–Crippen LogP) is 2.39. The smallest absolute Gasteiger partial charge is 0.258 e. The highest BCUT2D eigenvalue weighted by Gasteiger charge is 2.21. The van der Waals surface area contributed by atoms with Crippen molar-refractivity contribution in [3.8, 4) is 5.75 Å². The topological polar surface area (TPSA) is 78.9 Å². The maximum Gasteiger partial charge on any atom is 0.258 e. The van der Waals surface area contributed by atoms with Crippen LogP contribution in [-0.4, -0.2) is 61.8 Å². The second-order valence-corrected chi connectivity index (χ2v) is 7.43. The number of carbonyl (C=O) groups is 3. The van der Waals surface area contributed by atoms with Crippen molar-refractivity contribution in [1.82, 2.24) is 10.2 Å². The third-order valence-electron chi connectivity index (χ3n) is 4.89. The number of ketones is 1. The molecule has 0 aliphatic carbocycles. The number of nitrogens with one attached hydrogen (secondary N) is 1. The van der Waals surface area contributed by atoms with Crippen molar-refractivity contribution in [3.63, 3.8) is 0 Å². The summed E-state index contributed by atoms with van der Waals surface area (Å²) in [6, 6.07) is 14.2. The third-order valence-corrected chi connectivity index (χ3v) is 5.14. The number of carbonyl (C=O) groups excluding carboxylic acids is 3. The number of hydrogen-bond donors (Lipinski definition) is 1. The average Bonchev–Trinajstić information content (AvgIpc) is 2.77. The van der Waals surface area contributed by atoms with Gasteiger partial charge in [-0.2, -0.15) is 0 Å². The molecule has 0 saturated carbocycles. The fourth-order valence-electron chi connectivity index (χ4n) is 3.14. The lowest BCUT2D eigenvalue weighted by Gasteiger charge is -2.36. The average molecular weight is 430 g/mol. The monoisotopic (exact) mass is 429 g/mol. The highest BCUT2D eigenvalue weighted by molar-refractivity contribution is 6.30. The Kier molecular flexibility index (Phi) is 7.30. The van der Waals surface area contributed by atoms with E-state index in [9.17, 15) is 14.4 Å². The van der Waals surface area contributed by atoms with Crippen LogP contribution in [0, 0.1) is 0 Å². The van der Waals surface area contributed by atoms with Gasteiger partial charge in [0.1, 0.15) is 5.75 Å². The molecule has 3 rings (SSSR count). The van der Waals surface area contributed by atoms with E-state index in [1.807, 2.05) is 24.3 Å². The number of ether oxygens (including phenoxy) is 1. The molecule has 1 fully saturated rings. The van der Waals surface area contributed by atoms with Gasteiger partial charge < -0.3 is 19.9 Å². The highest BCUT2D eigenvalue weighted by Crippen LogP contribution is 2.19. The number of anilines is 1. The normalized spacial score (nSPS) is 13.7. The number of hydrogen-bond acceptors (Lipinski definition) is 5. The van der Waals surface area contributed by atoms with Crippen molar-refractivity contribution in [2.24, 2.45) is 0 Å². The van der Waals surface area contributed by atoms with Crippen molar-refractivity contribution in [1.29, 1.82) is 0 Å². The zero-order chi connectivity index (χ0) is 21.5. The van der Waals surface area contributed by atoms with E-state index in [4.69, 9.17) is 16.3 Å². The SMILES string of the molecule is CC(=O)c1ccc(OCC(=O)NCC(=O)N2CCN(c3ccc(Cl)cc3)CC2)cc1. The maximum atomic E-state index is 12.4. The molecule has 1 saturated heterocycles. The van der Waals surface area contributed by atoms with E-state index >= 15 is 0 Å². The van der Waals surface area contributed by atoms with Gasteiger partial charge in [0, 0.05) is 42.5 Å². The van der Waals surface area contributed by atoms with Crippen LogP contribution in [-0.2, 0) is 9.59 Å². The lowest BCUT2D eigenvalue weighted by atomic mass is 10.1. The summed E-state index contributed by atoms with van der Waals surface area (Å²) in [5.41, 5.74) is 1.65. The van der Waals surface area contributed by atoms with Gasteiger partial charge in [-0.25, -0.2) is 0 Å². The van der Waals surface area contributed by atoms with Gasteiger partial charge in [-0.3, -0.25) is 14.4 Å². The quantitative estimate of drug-likeness (QED) is 0.684. The van der Waals surface area contributed by atoms with Gasteiger partial charge in [-0.1, -0.05) is 11.6 Å². The number of halogens is 1. The van der Waals surface area contributed by atoms with Gasteiger partial charge in [0.25, 0.3) is 5.91 Å². The van der Waals surface area contributed by atoms with E-state index in [0.29, 0.717) is 29.4 Å². The van der Waals surface area contributed by atoms with Crippen LogP contribution in [0.3, 0.4) is 0 Å². The summed E-state index contributed by atoms with van der Waals surface area (Å²) >= 11 is 5.92. The Morgan fingerprint density at radius 1 is 0.967 bits per heavy atom. The van der Waals surface area contributed by atoms with Crippen LogP contribution >= 0.6 is 11.6 Å². The Hall–Kier alpha value is -3.06. The molecule has 158 valence electrons. The number of benzene rings is 2. The molecule has 1 heterocycles. The summed E-state index contributed by atoms with van der Waals surface area (Å²) in [6.45, 7) is 3.86. The first-order valence-electron chi connectivity index (χ1n) is 9.71. The molecule has 7 nitrogen and oxygen atoms in total. The number of piperazine rings is 1. The fraction of sp³-hybridized carbons (Fsp3) is 0.318. The van der Waals surface area contributed by atoms with Gasteiger partial charge in [0.2, 0.25) is 5.91 Å². The van der Waals surface area contributed by atoms with E-state index in [1.165, 1.54) is 6.92 Å². The van der Waals surface area contributed by atoms with Crippen LogP contribution in [0.25, 0.3) is 0 Å². The molecule has 1 aliphatic heterocycles. The van der Waals surface area contributed by atoms with Crippen molar-refractivity contribution in [2.45, 2.75) is 6.92 Å². The first-order chi connectivity index (χ1) is 14.4. The number of Topliss-reactive ketones (excluding diaryl/α,β-unsaturated/α-hetero) is 1. The Morgan fingerprint density at radius 2 is 1.60 bits per heavy atom. The summed E-state index contributed by atoms with van der Waals surface area (Å²) in [6.07, 6.45) is 0. The summed E-state index contributed by atoms with van der Waals surface area (Å²) in [4.78, 5) is 39.5. The molecule has 2 amide bonds. The second-order valence-electron chi connectivity index (χ2n) is 6.99. The largest absolute Gasteiger partial charge is 0.484 e. The van der Waals surface area contributed by atoms with E-state index < -0.39 is 0 Å². The molecule has 0 radical (unpaired) electrons. The van der Waals surface area contributed by atoms with Gasteiger partial charge >= 0.3 is 0 Å². The van der Waals surface area contributed by atoms with Crippen LogP contribution in [0.15, 0.2) is 48.5 Å². The van der Waals surface area contributed by atoms with Crippen LogP contribution in [0.5, 0.6) is 5.75 Å². The number of rotatable bonds is 7. The molecule has 0 bridgehead atoms. The van der Waals surface area contributed by atoms with Gasteiger partial charge in [-0.15, -0.1) is 0 Å². The molecule has 8 heteroatoms. The predicted molar refractivity (Wildman–Crippen MR) is 115 cm³/mol. The third kappa shape index (κ3) is 5.97. The van der Waals surface area contributed by atoms with Crippen molar-refractivity contribution in [2.75, 3.05) is 44.2 Å². The Balaban J connectivity index is 1.37. The highest BCUT2D eigenvalue weighted by atomic mass is 35.5. The number of amides is 2. The molecule has 2 aromatic carbocycles. The maximum absolute atomic E-state index is 12.4. The summed E-state index contributed by atoms with van der Waals surface area (Å²) in [5, 5.41) is 3.29. The van der Waals surface area contributed by atoms with Crippen molar-refractivity contribution >= 4 is 34.9 Å². The molecule has 0 atom stereocenters. The van der Waals surface area contributed by atoms with Crippen molar-refractivity contribution < 1.29 is 19.1 Å². The molecule has 0 unspecified atom stereocenters. The first-order valence-corrected chi connectivity index (χ1v) is 10.1. The summed E-state index contributed by atoms with van der Waals surface area (Å²) < 4.78 is 5.39. The fourth-order valence-corrected chi connectivity index (χ4v) is 3.26. The minimum atomic E-state index is -0.376. The molecule has 30 heavy (non-hydrogen) atoms. The van der Waals surface area contributed by atoms with E-state index in [0.717, 1.165) is 18.8 Å². The first kappa shape index (κ1) is 21.6. The van der Waals surface area contributed by atoms with E-state index in [2.05, 4.69) is 10.2 Å². The van der Waals surface area contributed by atoms with Crippen LogP contribution in [0.2, 0.25) is 5.02 Å². The molecule has 1 N–H and O–H groups in total. The molecule has 0 aromatic heterocycles. The molecular weight excluding hydrogens is 406 g/mol. The summed E-state index contributed by atoms with van der Waals surface area (Å²) in [7, 11) is 0. The van der Waals surface area contributed by atoms with Gasteiger partial charge in [-0.05, 0) is 55.5 Å². The van der Waals surface area contributed by atoms with Crippen LogP contribution < -0.4 is 15.0 Å².